The van der Waals surface area contributed by atoms with Crippen LogP contribution in [0.1, 0.15) is 41.1 Å². The highest BCUT2D eigenvalue weighted by Crippen LogP contribution is 2.23. The van der Waals surface area contributed by atoms with Gasteiger partial charge in [-0.3, -0.25) is 9.69 Å². The fourth-order valence-corrected chi connectivity index (χ4v) is 4.81. The van der Waals surface area contributed by atoms with Crippen molar-refractivity contribution in [2.75, 3.05) is 25.4 Å². The molecule has 142 valence electrons. The Hall–Kier alpha value is -1.85. The van der Waals surface area contributed by atoms with E-state index in [1.54, 1.807) is 0 Å². The molecule has 1 aromatic heterocycles. The van der Waals surface area contributed by atoms with E-state index in [0.717, 1.165) is 73.9 Å². The topological polar surface area (TPSA) is 49.0 Å². The molecular weight excluding hydrogens is 354 g/mol. The summed E-state index contributed by atoms with van der Waals surface area (Å²) in [6.07, 6.45) is 6.28. The molecule has 0 aliphatic carbocycles. The molecule has 0 saturated carbocycles. The first-order chi connectivity index (χ1) is 13.2. The van der Waals surface area contributed by atoms with Crippen LogP contribution < -0.4 is 5.56 Å². The Balaban J connectivity index is 1.30. The maximum absolute atomic E-state index is 12.2. The van der Waals surface area contributed by atoms with E-state index in [-0.39, 0.29) is 5.56 Å². The Kier molecular flexibility index (Phi) is 5.79. The van der Waals surface area contributed by atoms with Crippen LogP contribution in [0.5, 0.6) is 0 Å². The van der Waals surface area contributed by atoms with Gasteiger partial charge in [0.15, 0.2) is 0 Å². The first-order valence-electron chi connectivity index (χ1n) is 9.86. The van der Waals surface area contributed by atoms with Crippen molar-refractivity contribution in [1.29, 1.82) is 0 Å². The molecule has 0 unspecified atom stereocenters. The van der Waals surface area contributed by atoms with Gasteiger partial charge in [0.25, 0.3) is 5.56 Å². The van der Waals surface area contributed by atoms with Gasteiger partial charge in [0, 0.05) is 30.8 Å². The molecule has 1 N–H and O–H groups in total. The number of benzene rings is 1. The summed E-state index contributed by atoms with van der Waals surface area (Å²) < 4.78 is 0. The summed E-state index contributed by atoms with van der Waals surface area (Å²) in [6.45, 7) is 5.29. The summed E-state index contributed by atoms with van der Waals surface area (Å²) in [4.78, 5) is 22.4. The molecule has 2 aliphatic rings. The third-order valence-corrected chi connectivity index (χ3v) is 6.47. The van der Waals surface area contributed by atoms with Gasteiger partial charge in [-0.1, -0.05) is 35.9 Å². The van der Waals surface area contributed by atoms with Crippen molar-refractivity contribution in [3.05, 3.63) is 68.9 Å². The van der Waals surface area contributed by atoms with Crippen LogP contribution in [0.2, 0.25) is 0 Å². The van der Waals surface area contributed by atoms with Gasteiger partial charge in [0.1, 0.15) is 5.82 Å². The molecule has 2 aliphatic heterocycles. The van der Waals surface area contributed by atoms with E-state index in [4.69, 9.17) is 4.98 Å². The van der Waals surface area contributed by atoms with Crippen LogP contribution in [-0.2, 0) is 18.6 Å². The van der Waals surface area contributed by atoms with Crippen molar-refractivity contribution >= 4 is 17.3 Å². The molecule has 4 rings (SSSR count). The number of rotatable bonds is 5. The fourth-order valence-electron chi connectivity index (χ4n) is 3.83. The second-order valence-corrected chi connectivity index (χ2v) is 8.60. The van der Waals surface area contributed by atoms with Gasteiger partial charge in [-0.15, -0.1) is 0 Å². The lowest BCUT2D eigenvalue weighted by Crippen LogP contribution is -2.30. The smallest absolute Gasteiger partial charge is 0.255 e. The average molecular weight is 382 g/mol. The normalized spacial score (nSPS) is 17.4. The molecule has 0 bridgehead atoms. The number of aromatic amines is 1. The minimum Gasteiger partial charge on any atom is -0.310 e. The zero-order valence-electron chi connectivity index (χ0n) is 16.0. The number of thioether (sulfide) groups is 1. The van der Waals surface area contributed by atoms with E-state index in [2.05, 4.69) is 47.1 Å². The van der Waals surface area contributed by atoms with Crippen molar-refractivity contribution in [3.63, 3.8) is 0 Å². The SMILES string of the molecule is Cc1ccc(C2=CCN(CCCc3nc4c(c(=O)[nH]3)CSCC4)CC2)cc1. The van der Waals surface area contributed by atoms with Gasteiger partial charge in [0.2, 0.25) is 0 Å². The third-order valence-electron chi connectivity index (χ3n) is 5.48. The monoisotopic (exact) mass is 381 g/mol. The van der Waals surface area contributed by atoms with Crippen molar-refractivity contribution in [3.8, 4) is 0 Å². The summed E-state index contributed by atoms with van der Waals surface area (Å²) in [5.74, 6) is 2.74. The van der Waals surface area contributed by atoms with E-state index in [0.29, 0.717) is 0 Å². The van der Waals surface area contributed by atoms with Crippen LogP contribution in [0.4, 0.5) is 0 Å². The number of nitrogens with one attached hydrogen (secondary N) is 1. The predicted octanol–water partition coefficient (Wildman–Crippen LogP) is 3.59. The Morgan fingerprint density at radius 3 is 2.85 bits per heavy atom. The molecule has 0 atom stereocenters. The molecule has 0 spiro atoms. The van der Waals surface area contributed by atoms with Crippen LogP contribution in [0.3, 0.4) is 0 Å². The number of hydrogen-bond acceptors (Lipinski definition) is 4. The minimum atomic E-state index is 0.0749. The molecule has 0 fully saturated rings. The summed E-state index contributed by atoms with van der Waals surface area (Å²) in [5, 5.41) is 0. The summed E-state index contributed by atoms with van der Waals surface area (Å²) in [5.41, 5.74) is 6.12. The van der Waals surface area contributed by atoms with Crippen molar-refractivity contribution in [1.82, 2.24) is 14.9 Å². The Bertz CT molecular complexity index is 885. The number of fused-ring (bicyclic) bond motifs is 1. The molecule has 0 radical (unpaired) electrons. The summed E-state index contributed by atoms with van der Waals surface area (Å²) in [6, 6.07) is 8.84. The lowest BCUT2D eigenvalue weighted by atomic mass is 9.98. The van der Waals surface area contributed by atoms with E-state index in [9.17, 15) is 4.79 Å². The van der Waals surface area contributed by atoms with E-state index >= 15 is 0 Å². The van der Waals surface area contributed by atoms with E-state index < -0.39 is 0 Å². The minimum absolute atomic E-state index is 0.0749. The second kappa shape index (κ2) is 8.44. The molecule has 27 heavy (non-hydrogen) atoms. The standard InChI is InChI=1S/C22H27N3OS/c1-16-4-6-17(7-5-16)18-8-12-25(13-9-18)11-2-3-21-23-20-10-14-27-15-19(20)22(26)24-21/h4-8H,2-3,9-15H2,1H3,(H,23,24,26). The summed E-state index contributed by atoms with van der Waals surface area (Å²) in [7, 11) is 0. The Labute approximate surface area is 165 Å². The highest BCUT2D eigenvalue weighted by atomic mass is 32.2. The van der Waals surface area contributed by atoms with Gasteiger partial charge < -0.3 is 4.98 Å². The zero-order chi connectivity index (χ0) is 18.6. The fraction of sp³-hybridized carbons (Fsp3) is 0.455. The predicted molar refractivity (Wildman–Crippen MR) is 113 cm³/mol. The van der Waals surface area contributed by atoms with Crippen molar-refractivity contribution in [2.24, 2.45) is 0 Å². The molecule has 1 aromatic carbocycles. The number of hydrogen-bond donors (Lipinski definition) is 1. The van der Waals surface area contributed by atoms with E-state index in [1.807, 2.05) is 11.8 Å². The van der Waals surface area contributed by atoms with Gasteiger partial charge in [-0.2, -0.15) is 11.8 Å². The number of aryl methyl sites for hydroxylation is 3. The number of H-pyrrole nitrogens is 1. The van der Waals surface area contributed by atoms with Crippen LogP contribution in [0.25, 0.3) is 5.57 Å². The molecule has 4 nitrogen and oxygen atoms in total. The van der Waals surface area contributed by atoms with Gasteiger partial charge in [-0.05, 0) is 49.6 Å². The molecular formula is C22H27N3OS. The average Bonchev–Trinajstić information content (AvgIpc) is 2.69. The highest BCUT2D eigenvalue weighted by Gasteiger charge is 2.16. The van der Waals surface area contributed by atoms with Crippen LogP contribution in [-0.4, -0.2) is 40.3 Å². The first kappa shape index (κ1) is 18.5. The quantitative estimate of drug-likeness (QED) is 0.860. The largest absolute Gasteiger partial charge is 0.310 e. The van der Waals surface area contributed by atoms with Crippen molar-refractivity contribution in [2.45, 2.75) is 38.4 Å². The van der Waals surface area contributed by atoms with Gasteiger partial charge in [0.05, 0.1) is 5.69 Å². The first-order valence-corrected chi connectivity index (χ1v) is 11.0. The molecule has 5 heteroatoms. The highest BCUT2D eigenvalue weighted by molar-refractivity contribution is 7.98. The maximum Gasteiger partial charge on any atom is 0.255 e. The van der Waals surface area contributed by atoms with E-state index in [1.165, 1.54) is 16.7 Å². The number of aromatic nitrogens is 2. The van der Waals surface area contributed by atoms with Crippen LogP contribution in [0.15, 0.2) is 35.1 Å². The summed E-state index contributed by atoms with van der Waals surface area (Å²) >= 11 is 1.82. The Morgan fingerprint density at radius 2 is 2.07 bits per heavy atom. The second-order valence-electron chi connectivity index (χ2n) is 7.49. The van der Waals surface area contributed by atoms with Gasteiger partial charge in [-0.25, -0.2) is 4.98 Å². The van der Waals surface area contributed by atoms with Crippen LogP contribution >= 0.6 is 11.8 Å². The third kappa shape index (κ3) is 4.53. The van der Waals surface area contributed by atoms with Crippen LogP contribution in [0, 0.1) is 6.92 Å². The zero-order valence-corrected chi connectivity index (χ0v) is 16.8. The molecule has 3 heterocycles. The molecule has 0 amide bonds. The lowest BCUT2D eigenvalue weighted by Gasteiger charge is -2.26. The van der Waals surface area contributed by atoms with Crippen molar-refractivity contribution < 1.29 is 0 Å². The van der Waals surface area contributed by atoms with Gasteiger partial charge >= 0.3 is 0 Å². The lowest BCUT2D eigenvalue weighted by molar-refractivity contribution is 0.297. The number of nitrogens with zero attached hydrogens (tertiary/aromatic N) is 2. The molecule has 0 saturated heterocycles. The Morgan fingerprint density at radius 1 is 1.22 bits per heavy atom. The maximum atomic E-state index is 12.2. The molecule has 2 aromatic rings.